The number of aromatic amines is 1. The van der Waals surface area contributed by atoms with Crippen LogP contribution in [0.1, 0.15) is 48.3 Å². The Hall–Kier alpha value is -3.35. The minimum atomic E-state index is -0.348. The molecule has 2 heterocycles. The molecule has 1 atom stereocenters. The van der Waals surface area contributed by atoms with Crippen molar-refractivity contribution < 1.29 is 14.3 Å². The van der Waals surface area contributed by atoms with Crippen molar-refractivity contribution >= 4 is 28.7 Å². The van der Waals surface area contributed by atoms with Gasteiger partial charge < -0.3 is 19.9 Å². The number of para-hydroxylation sites is 2. The molecule has 7 heteroatoms. The molecule has 2 amide bonds. The van der Waals surface area contributed by atoms with E-state index in [1.807, 2.05) is 36.1 Å². The van der Waals surface area contributed by atoms with Gasteiger partial charge in [0.1, 0.15) is 5.82 Å². The van der Waals surface area contributed by atoms with Crippen LogP contribution in [0, 0.1) is 0 Å². The molecule has 156 valence electrons. The Kier molecular flexibility index (Phi) is 5.97. The van der Waals surface area contributed by atoms with Crippen LogP contribution in [0.3, 0.4) is 0 Å². The molecule has 2 N–H and O–H groups in total. The zero-order chi connectivity index (χ0) is 20.9. The van der Waals surface area contributed by atoms with Gasteiger partial charge in [-0.3, -0.25) is 0 Å². The van der Waals surface area contributed by atoms with Crippen molar-refractivity contribution in [2.75, 3.05) is 25.0 Å². The predicted octanol–water partition coefficient (Wildman–Crippen LogP) is 4.54. The summed E-state index contributed by atoms with van der Waals surface area (Å²) in [5, 5.41) is 2.92. The summed E-state index contributed by atoms with van der Waals surface area (Å²) >= 11 is 0. The average molecular weight is 406 g/mol. The second-order valence-corrected chi connectivity index (χ2v) is 7.57. The number of benzene rings is 2. The lowest BCUT2D eigenvalue weighted by Crippen LogP contribution is -2.41. The first kappa shape index (κ1) is 19.9. The summed E-state index contributed by atoms with van der Waals surface area (Å²) in [4.78, 5) is 34.6. The summed E-state index contributed by atoms with van der Waals surface area (Å²) in [6, 6.07) is 14.6. The molecule has 0 bridgehead atoms. The Morgan fingerprint density at radius 2 is 2.00 bits per heavy atom. The van der Waals surface area contributed by atoms with Gasteiger partial charge in [-0.05, 0) is 55.7 Å². The Labute approximate surface area is 175 Å². The third-order valence-electron chi connectivity index (χ3n) is 5.31. The molecule has 1 aliphatic rings. The quantitative estimate of drug-likeness (QED) is 0.609. The monoisotopic (exact) mass is 406 g/mol. The number of piperidine rings is 1. The third kappa shape index (κ3) is 4.45. The number of carbonyl (C=O) groups excluding carboxylic acids is 2. The highest BCUT2D eigenvalue weighted by atomic mass is 16.5. The number of fused-ring (bicyclic) bond motifs is 1. The van der Waals surface area contributed by atoms with Gasteiger partial charge in [0, 0.05) is 24.7 Å². The largest absolute Gasteiger partial charge is 0.462 e. The molecule has 0 spiro atoms. The van der Waals surface area contributed by atoms with Gasteiger partial charge in [-0.2, -0.15) is 0 Å². The summed E-state index contributed by atoms with van der Waals surface area (Å²) in [6.07, 6.45) is 2.71. The Morgan fingerprint density at radius 1 is 1.20 bits per heavy atom. The lowest BCUT2D eigenvalue weighted by Gasteiger charge is -2.31. The minimum Gasteiger partial charge on any atom is -0.462 e. The smallest absolute Gasteiger partial charge is 0.338 e. The van der Waals surface area contributed by atoms with Gasteiger partial charge in [0.15, 0.2) is 0 Å². The summed E-state index contributed by atoms with van der Waals surface area (Å²) in [6.45, 7) is 3.68. The fourth-order valence-electron chi connectivity index (χ4n) is 3.72. The fourth-order valence-corrected chi connectivity index (χ4v) is 3.72. The van der Waals surface area contributed by atoms with Crippen LogP contribution in [0.2, 0.25) is 0 Å². The van der Waals surface area contributed by atoms with Gasteiger partial charge in [-0.15, -0.1) is 0 Å². The van der Waals surface area contributed by atoms with Gasteiger partial charge in [-0.25, -0.2) is 14.6 Å². The molecular formula is C23H26N4O3. The van der Waals surface area contributed by atoms with Crippen molar-refractivity contribution in [2.24, 2.45) is 0 Å². The van der Waals surface area contributed by atoms with E-state index in [1.165, 1.54) is 0 Å². The van der Waals surface area contributed by atoms with E-state index < -0.39 is 0 Å². The molecule has 0 saturated carbocycles. The highest BCUT2D eigenvalue weighted by molar-refractivity contribution is 5.92. The molecule has 0 radical (unpaired) electrons. The van der Waals surface area contributed by atoms with Crippen LogP contribution in [0.25, 0.3) is 11.0 Å². The highest BCUT2D eigenvalue weighted by Gasteiger charge is 2.27. The number of aromatic nitrogens is 2. The number of ether oxygens (including phenoxy) is 1. The second kappa shape index (κ2) is 8.98. The number of hydrogen-bond donors (Lipinski definition) is 2. The van der Waals surface area contributed by atoms with E-state index in [-0.39, 0.29) is 17.9 Å². The molecular weight excluding hydrogens is 380 g/mol. The van der Waals surface area contributed by atoms with E-state index in [0.717, 1.165) is 36.1 Å². The average Bonchev–Trinajstić information content (AvgIpc) is 3.22. The predicted molar refractivity (Wildman–Crippen MR) is 116 cm³/mol. The molecule has 0 aliphatic carbocycles. The van der Waals surface area contributed by atoms with Gasteiger partial charge in [0.25, 0.3) is 0 Å². The van der Waals surface area contributed by atoms with Crippen LogP contribution in [0.4, 0.5) is 10.5 Å². The van der Waals surface area contributed by atoms with Crippen LogP contribution >= 0.6 is 0 Å². The number of H-pyrrole nitrogens is 1. The molecule has 1 saturated heterocycles. The number of likely N-dealkylation sites (tertiary alicyclic amines) is 1. The normalized spacial score (nSPS) is 16.4. The molecule has 1 fully saturated rings. The minimum absolute atomic E-state index is 0.142. The van der Waals surface area contributed by atoms with Gasteiger partial charge in [-0.1, -0.05) is 19.1 Å². The van der Waals surface area contributed by atoms with Crippen LogP contribution in [0.15, 0.2) is 48.5 Å². The number of carbonyl (C=O) groups is 2. The van der Waals surface area contributed by atoms with Crippen molar-refractivity contribution in [1.82, 2.24) is 14.9 Å². The Bertz CT molecular complexity index is 995. The van der Waals surface area contributed by atoms with E-state index in [4.69, 9.17) is 9.72 Å². The first-order chi connectivity index (χ1) is 14.6. The molecule has 4 rings (SSSR count). The Morgan fingerprint density at radius 3 is 2.77 bits per heavy atom. The van der Waals surface area contributed by atoms with Crippen molar-refractivity contribution in [3.8, 4) is 0 Å². The van der Waals surface area contributed by atoms with Crippen LogP contribution in [-0.2, 0) is 4.74 Å². The number of urea groups is 1. The second-order valence-electron chi connectivity index (χ2n) is 7.57. The highest BCUT2D eigenvalue weighted by Crippen LogP contribution is 2.27. The SMILES string of the molecule is CCCOC(=O)c1ccc(NC(=O)N2CCCC(c3nc4ccccc4[nH]3)C2)cc1. The van der Waals surface area contributed by atoms with Crippen molar-refractivity contribution in [1.29, 1.82) is 0 Å². The van der Waals surface area contributed by atoms with Gasteiger partial charge >= 0.3 is 12.0 Å². The number of anilines is 1. The first-order valence-electron chi connectivity index (χ1n) is 10.4. The van der Waals surface area contributed by atoms with Gasteiger partial charge in [0.2, 0.25) is 0 Å². The summed E-state index contributed by atoms with van der Waals surface area (Å²) in [5.41, 5.74) is 3.10. The van der Waals surface area contributed by atoms with Crippen LogP contribution < -0.4 is 5.32 Å². The third-order valence-corrected chi connectivity index (χ3v) is 5.31. The molecule has 7 nitrogen and oxygen atoms in total. The zero-order valence-electron chi connectivity index (χ0n) is 17.1. The zero-order valence-corrected chi connectivity index (χ0v) is 17.1. The maximum atomic E-state index is 12.8. The van der Waals surface area contributed by atoms with Crippen LogP contribution in [0.5, 0.6) is 0 Å². The van der Waals surface area contributed by atoms with Crippen LogP contribution in [-0.4, -0.2) is 46.6 Å². The van der Waals surface area contributed by atoms with Crippen molar-refractivity contribution in [2.45, 2.75) is 32.1 Å². The number of nitrogens with zero attached hydrogens (tertiary/aromatic N) is 2. The van der Waals surface area contributed by atoms with E-state index in [2.05, 4.69) is 10.3 Å². The molecule has 1 unspecified atom stereocenters. The summed E-state index contributed by atoms with van der Waals surface area (Å²) < 4.78 is 5.13. The Balaban J connectivity index is 1.38. The number of imidazole rings is 1. The molecule has 2 aromatic carbocycles. The topological polar surface area (TPSA) is 87.3 Å². The number of amides is 2. The lowest BCUT2D eigenvalue weighted by atomic mass is 9.97. The maximum Gasteiger partial charge on any atom is 0.338 e. The van der Waals surface area contributed by atoms with E-state index >= 15 is 0 Å². The molecule has 3 aromatic rings. The molecule has 1 aliphatic heterocycles. The fraction of sp³-hybridized carbons (Fsp3) is 0.348. The number of nitrogens with one attached hydrogen (secondary N) is 2. The molecule has 30 heavy (non-hydrogen) atoms. The standard InChI is InChI=1S/C23H26N4O3/c1-2-14-30-22(28)16-9-11-18(12-10-16)24-23(29)27-13-5-6-17(15-27)21-25-19-7-3-4-8-20(19)26-21/h3-4,7-12,17H,2,5-6,13-15H2,1H3,(H,24,29)(H,25,26). The van der Waals surface area contributed by atoms with Crippen molar-refractivity contribution in [3.63, 3.8) is 0 Å². The summed E-state index contributed by atoms with van der Waals surface area (Å²) in [7, 11) is 0. The van der Waals surface area contributed by atoms with E-state index in [9.17, 15) is 9.59 Å². The number of hydrogen-bond acceptors (Lipinski definition) is 4. The van der Waals surface area contributed by atoms with Gasteiger partial charge in [0.05, 0.1) is 23.2 Å². The lowest BCUT2D eigenvalue weighted by molar-refractivity contribution is 0.0505. The maximum absolute atomic E-state index is 12.8. The number of rotatable bonds is 5. The van der Waals surface area contributed by atoms with Crippen molar-refractivity contribution in [3.05, 3.63) is 59.9 Å². The summed E-state index contributed by atoms with van der Waals surface area (Å²) in [5.74, 6) is 0.774. The van der Waals surface area contributed by atoms with E-state index in [1.54, 1.807) is 24.3 Å². The van der Waals surface area contributed by atoms with E-state index in [0.29, 0.717) is 30.9 Å². The molecule has 1 aromatic heterocycles. The number of esters is 1. The first-order valence-corrected chi connectivity index (χ1v) is 10.4.